The van der Waals surface area contributed by atoms with Crippen LogP contribution in [0.1, 0.15) is 12.0 Å². The number of nitrogens with zero attached hydrogens (tertiary/aromatic N) is 2. The second-order valence-corrected chi connectivity index (χ2v) is 8.30. The fourth-order valence-corrected chi connectivity index (χ4v) is 4.23. The predicted octanol–water partition coefficient (Wildman–Crippen LogP) is 3.39. The van der Waals surface area contributed by atoms with E-state index in [9.17, 15) is 9.59 Å². The standard InChI is InChI=1S/C26H27N3O5S/c1-32-15-13-29-25(31)20(24(30)27-26(29)35)16-18-17-28(21-9-4-3-8-19(18)21)12-7-14-34-23-11-6-5-10-22(23)33-2/h3-6,8-11,16-17H,7,12-15H2,1-2H3,(H,27,30,35)/b20-16-. The summed E-state index contributed by atoms with van der Waals surface area (Å²) in [5.74, 6) is 0.464. The first kappa shape index (κ1) is 24.4. The molecule has 4 rings (SSSR count). The van der Waals surface area contributed by atoms with Crippen molar-refractivity contribution in [2.24, 2.45) is 0 Å². The normalized spacial score (nSPS) is 15.1. The third-order valence-corrected chi connectivity index (χ3v) is 6.02. The number of aryl methyl sites for hydroxylation is 1. The number of ether oxygens (including phenoxy) is 3. The lowest BCUT2D eigenvalue weighted by Crippen LogP contribution is -2.54. The molecular weight excluding hydrogens is 466 g/mol. The van der Waals surface area contributed by atoms with Gasteiger partial charge in [0.1, 0.15) is 5.57 Å². The van der Waals surface area contributed by atoms with Crippen LogP contribution in [0, 0.1) is 0 Å². The molecule has 8 nitrogen and oxygen atoms in total. The second-order valence-electron chi connectivity index (χ2n) is 7.91. The minimum atomic E-state index is -0.504. The van der Waals surface area contributed by atoms with Gasteiger partial charge in [0.2, 0.25) is 0 Å². The monoisotopic (exact) mass is 493 g/mol. The molecule has 0 spiro atoms. The maximum absolute atomic E-state index is 13.0. The van der Waals surface area contributed by atoms with Crippen LogP contribution in [0.15, 0.2) is 60.3 Å². The Bertz CT molecular complexity index is 1280. The van der Waals surface area contributed by atoms with Crippen molar-refractivity contribution in [3.05, 3.63) is 65.9 Å². The van der Waals surface area contributed by atoms with Crippen LogP contribution in [0.5, 0.6) is 11.5 Å². The van der Waals surface area contributed by atoms with Crippen molar-refractivity contribution in [1.82, 2.24) is 14.8 Å². The minimum absolute atomic E-state index is 0.0390. The Kier molecular flexibility index (Phi) is 7.79. The molecule has 0 saturated carbocycles. The van der Waals surface area contributed by atoms with Crippen molar-refractivity contribution in [1.29, 1.82) is 0 Å². The molecule has 1 N–H and O–H groups in total. The molecule has 1 aromatic heterocycles. The summed E-state index contributed by atoms with van der Waals surface area (Å²) >= 11 is 5.17. The smallest absolute Gasteiger partial charge is 0.265 e. The molecule has 3 aromatic rings. The van der Waals surface area contributed by atoms with Gasteiger partial charge in [-0.3, -0.25) is 19.8 Å². The van der Waals surface area contributed by atoms with E-state index in [1.807, 2.05) is 54.7 Å². The molecule has 0 unspecified atom stereocenters. The maximum Gasteiger partial charge on any atom is 0.265 e. The molecule has 1 aliphatic rings. The summed E-state index contributed by atoms with van der Waals surface area (Å²) in [6.45, 7) is 1.78. The van der Waals surface area contributed by atoms with E-state index < -0.39 is 11.8 Å². The minimum Gasteiger partial charge on any atom is -0.493 e. The number of amides is 2. The molecule has 35 heavy (non-hydrogen) atoms. The van der Waals surface area contributed by atoms with Crippen LogP contribution in [-0.4, -0.2) is 60.4 Å². The van der Waals surface area contributed by atoms with E-state index in [0.717, 1.165) is 22.9 Å². The summed E-state index contributed by atoms with van der Waals surface area (Å²) in [6.07, 6.45) is 4.34. The molecule has 2 heterocycles. The zero-order valence-corrected chi connectivity index (χ0v) is 20.5. The Morgan fingerprint density at radius 2 is 1.71 bits per heavy atom. The lowest BCUT2D eigenvalue weighted by atomic mass is 10.1. The molecule has 2 amide bonds. The zero-order valence-electron chi connectivity index (χ0n) is 19.7. The molecule has 0 radical (unpaired) electrons. The molecule has 0 atom stereocenters. The van der Waals surface area contributed by atoms with E-state index in [1.54, 1.807) is 20.3 Å². The van der Waals surface area contributed by atoms with E-state index in [1.165, 1.54) is 4.90 Å². The number of nitrogens with one attached hydrogen (secondary N) is 1. The van der Waals surface area contributed by atoms with Gasteiger partial charge in [-0.2, -0.15) is 0 Å². The Morgan fingerprint density at radius 1 is 0.971 bits per heavy atom. The zero-order chi connectivity index (χ0) is 24.8. The van der Waals surface area contributed by atoms with Gasteiger partial charge in [-0.1, -0.05) is 30.3 Å². The van der Waals surface area contributed by atoms with Gasteiger partial charge in [0.05, 0.1) is 26.9 Å². The number of aromatic nitrogens is 1. The van der Waals surface area contributed by atoms with Crippen LogP contribution in [0.3, 0.4) is 0 Å². The van der Waals surface area contributed by atoms with Crippen molar-refractivity contribution in [3.63, 3.8) is 0 Å². The molecule has 0 bridgehead atoms. The fraction of sp³-hybridized carbons (Fsp3) is 0.269. The van der Waals surface area contributed by atoms with Crippen molar-refractivity contribution in [2.45, 2.75) is 13.0 Å². The Balaban J connectivity index is 1.53. The Hall–Kier alpha value is -3.69. The van der Waals surface area contributed by atoms with Crippen molar-refractivity contribution < 1.29 is 23.8 Å². The first-order valence-electron chi connectivity index (χ1n) is 11.2. The van der Waals surface area contributed by atoms with E-state index in [4.69, 9.17) is 26.4 Å². The molecule has 2 aromatic carbocycles. The first-order chi connectivity index (χ1) is 17.0. The highest BCUT2D eigenvalue weighted by atomic mass is 32.1. The largest absolute Gasteiger partial charge is 0.493 e. The SMILES string of the molecule is COCCN1C(=O)/C(=C\c2cn(CCCOc3ccccc3OC)c3ccccc23)C(=O)NC1=S. The second kappa shape index (κ2) is 11.2. The quantitative estimate of drug-likeness (QED) is 0.202. The van der Waals surface area contributed by atoms with Gasteiger partial charge >= 0.3 is 0 Å². The molecule has 1 fully saturated rings. The Morgan fingerprint density at radius 3 is 2.49 bits per heavy atom. The van der Waals surface area contributed by atoms with Gasteiger partial charge in [0, 0.05) is 36.3 Å². The average molecular weight is 494 g/mol. The number of carbonyl (C=O) groups excluding carboxylic acids is 2. The maximum atomic E-state index is 13.0. The molecule has 0 aliphatic carbocycles. The molecule has 9 heteroatoms. The number of hydrogen-bond donors (Lipinski definition) is 1. The predicted molar refractivity (Wildman–Crippen MR) is 137 cm³/mol. The number of fused-ring (bicyclic) bond motifs is 1. The van der Waals surface area contributed by atoms with Gasteiger partial charge < -0.3 is 18.8 Å². The van der Waals surface area contributed by atoms with Crippen LogP contribution >= 0.6 is 12.2 Å². The van der Waals surface area contributed by atoms with E-state index >= 15 is 0 Å². The van der Waals surface area contributed by atoms with Crippen molar-refractivity contribution in [2.75, 3.05) is 34.0 Å². The highest BCUT2D eigenvalue weighted by molar-refractivity contribution is 7.80. The van der Waals surface area contributed by atoms with Gasteiger partial charge in [-0.05, 0) is 42.9 Å². The molecule has 1 saturated heterocycles. The summed E-state index contributed by atoms with van der Waals surface area (Å²) < 4.78 is 18.4. The number of benzene rings is 2. The summed E-state index contributed by atoms with van der Waals surface area (Å²) in [4.78, 5) is 27.0. The molecule has 182 valence electrons. The van der Waals surface area contributed by atoms with Crippen molar-refractivity contribution >= 4 is 46.1 Å². The Labute approximate surface area is 209 Å². The van der Waals surface area contributed by atoms with Crippen molar-refractivity contribution in [3.8, 4) is 11.5 Å². The summed E-state index contributed by atoms with van der Waals surface area (Å²) in [5, 5.41) is 3.64. The number of hydrogen-bond acceptors (Lipinski definition) is 6. The lowest BCUT2D eigenvalue weighted by molar-refractivity contribution is -0.129. The first-order valence-corrected chi connectivity index (χ1v) is 11.7. The summed E-state index contributed by atoms with van der Waals surface area (Å²) in [6, 6.07) is 15.4. The van der Waals surface area contributed by atoms with Gasteiger partial charge in [0.15, 0.2) is 16.6 Å². The van der Waals surface area contributed by atoms with Crippen LogP contribution < -0.4 is 14.8 Å². The third kappa shape index (κ3) is 5.36. The topological polar surface area (TPSA) is 82.0 Å². The fourth-order valence-electron chi connectivity index (χ4n) is 3.97. The van der Waals surface area contributed by atoms with Crippen LogP contribution in [0.25, 0.3) is 17.0 Å². The van der Waals surface area contributed by atoms with Gasteiger partial charge in [0.25, 0.3) is 11.8 Å². The lowest BCUT2D eigenvalue weighted by Gasteiger charge is -2.28. The van der Waals surface area contributed by atoms with Gasteiger partial charge in [-0.25, -0.2) is 0 Å². The summed E-state index contributed by atoms with van der Waals surface area (Å²) in [7, 11) is 3.16. The highest BCUT2D eigenvalue weighted by Gasteiger charge is 2.33. The highest BCUT2D eigenvalue weighted by Crippen LogP contribution is 2.27. The third-order valence-electron chi connectivity index (χ3n) is 5.69. The van der Waals surface area contributed by atoms with E-state index in [-0.39, 0.29) is 17.2 Å². The van der Waals surface area contributed by atoms with Crippen LogP contribution in [0.4, 0.5) is 0 Å². The number of thiocarbonyl (C=S) groups is 1. The van der Waals surface area contributed by atoms with Crippen LogP contribution in [0.2, 0.25) is 0 Å². The average Bonchev–Trinajstić information content (AvgIpc) is 3.22. The van der Waals surface area contributed by atoms with E-state index in [2.05, 4.69) is 9.88 Å². The molecular formula is C26H27N3O5S. The van der Waals surface area contributed by atoms with Gasteiger partial charge in [-0.15, -0.1) is 0 Å². The number of methoxy groups -OCH3 is 2. The number of rotatable bonds is 10. The number of carbonyl (C=O) groups is 2. The van der Waals surface area contributed by atoms with Crippen LogP contribution in [-0.2, 0) is 20.9 Å². The van der Waals surface area contributed by atoms with E-state index in [0.29, 0.717) is 31.3 Å². The molecule has 1 aliphatic heterocycles. The number of para-hydroxylation sites is 3. The summed E-state index contributed by atoms with van der Waals surface area (Å²) in [5.41, 5.74) is 1.83.